The van der Waals surface area contributed by atoms with Gasteiger partial charge in [-0.3, -0.25) is 9.59 Å². The lowest BCUT2D eigenvalue weighted by Gasteiger charge is -2.24. The second-order valence-corrected chi connectivity index (χ2v) is 3.82. The summed E-state index contributed by atoms with van der Waals surface area (Å²) in [4.78, 5) is 28.3. The van der Waals surface area contributed by atoms with Crippen LogP contribution < -0.4 is 5.56 Å². The van der Waals surface area contributed by atoms with Crippen LogP contribution in [0.1, 0.15) is 36.7 Å². The molecule has 2 rings (SSSR count). The zero-order valence-corrected chi connectivity index (χ0v) is 8.19. The van der Waals surface area contributed by atoms with Crippen molar-refractivity contribution in [3.8, 4) is 0 Å². The summed E-state index contributed by atoms with van der Waals surface area (Å²) in [7, 11) is 0. The van der Waals surface area contributed by atoms with Crippen molar-refractivity contribution >= 4 is 5.97 Å². The van der Waals surface area contributed by atoms with Crippen LogP contribution in [-0.4, -0.2) is 21.0 Å². The highest BCUT2D eigenvalue weighted by molar-refractivity contribution is 5.68. The van der Waals surface area contributed by atoms with Crippen LogP contribution in [0.25, 0.3) is 0 Å². The number of hydrogen-bond acceptors (Lipinski definition) is 3. The normalized spacial score (nSPS) is 16.0. The summed E-state index contributed by atoms with van der Waals surface area (Å²) >= 11 is 0. The van der Waals surface area contributed by atoms with E-state index in [4.69, 9.17) is 5.11 Å². The number of hydrogen-bond donors (Lipinski definition) is 2. The summed E-state index contributed by atoms with van der Waals surface area (Å²) in [5.41, 5.74) is 0.476. The van der Waals surface area contributed by atoms with E-state index < -0.39 is 5.97 Å². The van der Waals surface area contributed by atoms with E-state index in [0.717, 1.165) is 25.0 Å². The van der Waals surface area contributed by atoms with Gasteiger partial charge in [-0.15, -0.1) is 0 Å². The summed E-state index contributed by atoms with van der Waals surface area (Å²) in [6.07, 6.45) is 3.02. The molecule has 0 bridgehead atoms. The first kappa shape index (κ1) is 9.89. The monoisotopic (exact) mass is 208 g/mol. The quantitative estimate of drug-likeness (QED) is 0.764. The first-order valence-corrected chi connectivity index (χ1v) is 4.97. The van der Waals surface area contributed by atoms with Crippen molar-refractivity contribution in [2.75, 3.05) is 0 Å². The van der Waals surface area contributed by atoms with Crippen LogP contribution in [0, 0.1) is 0 Å². The maximum absolute atomic E-state index is 11.2. The SMILES string of the molecule is O=C(O)Cc1nc(C2CCC2)cc(=O)[nH]1. The third-order valence-corrected chi connectivity index (χ3v) is 2.65. The van der Waals surface area contributed by atoms with E-state index in [1.54, 1.807) is 0 Å². The van der Waals surface area contributed by atoms with E-state index in [9.17, 15) is 9.59 Å². The van der Waals surface area contributed by atoms with Gasteiger partial charge in [-0.25, -0.2) is 4.98 Å². The molecule has 15 heavy (non-hydrogen) atoms. The smallest absolute Gasteiger partial charge is 0.311 e. The second kappa shape index (κ2) is 3.84. The van der Waals surface area contributed by atoms with E-state index in [-0.39, 0.29) is 17.8 Å². The molecule has 5 nitrogen and oxygen atoms in total. The Morgan fingerprint density at radius 3 is 2.87 bits per heavy atom. The fourth-order valence-corrected chi connectivity index (χ4v) is 1.67. The van der Waals surface area contributed by atoms with Crippen molar-refractivity contribution in [2.24, 2.45) is 0 Å². The van der Waals surface area contributed by atoms with Crippen molar-refractivity contribution < 1.29 is 9.90 Å². The number of H-pyrrole nitrogens is 1. The van der Waals surface area contributed by atoms with Crippen molar-refractivity contribution in [2.45, 2.75) is 31.6 Å². The van der Waals surface area contributed by atoms with Gasteiger partial charge in [0.05, 0.1) is 5.69 Å². The molecule has 0 unspecified atom stereocenters. The van der Waals surface area contributed by atoms with Crippen LogP contribution in [0.15, 0.2) is 10.9 Å². The highest BCUT2D eigenvalue weighted by Crippen LogP contribution is 2.34. The van der Waals surface area contributed by atoms with Crippen LogP contribution in [-0.2, 0) is 11.2 Å². The summed E-state index contributed by atoms with van der Waals surface area (Å²) in [6.45, 7) is 0. The zero-order chi connectivity index (χ0) is 10.8. The first-order chi connectivity index (χ1) is 7.15. The molecule has 0 aromatic carbocycles. The Bertz CT molecular complexity index is 435. The van der Waals surface area contributed by atoms with Crippen LogP contribution in [0.4, 0.5) is 0 Å². The third-order valence-electron chi connectivity index (χ3n) is 2.65. The van der Waals surface area contributed by atoms with Gasteiger partial charge in [-0.2, -0.15) is 0 Å². The number of aromatic amines is 1. The Morgan fingerprint density at radius 2 is 2.33 bits per heavy atom. The Balaban J connectivity index is 2.27. The lowest BCUT2D eigenvalue weighted by atomic mass is 9.83. The molecule has 1 saturated carbocycles. The van der Waals surface area contributed by atoms with Crippen LogP contribution >= 0.6 is 0 Å². The van der Waals surface area contributed by atoms with Gasteiger partial charge < -0.3 is 10.1 Å². The standard InChI is InChI=1S/C10H12N2O3/c13-9-4-7(6-2-1-3-6)11-8(12-9)5-10(14)15/h4,6H,1-3,5H2,(H,14,15)(H,11,12,13). The molecule has 1 aliphatic rings. The van der Waals surface area contributed by atoms with Gasteiger partial charge in [-0.1, -0.05) is 6.42 Å². The summed E-state index contributed by atoms with van der Waals surface area (Å²) in [6, 6.07) is 1.47. The minimum Gasteiger partial charge on any atom is -0.481 e. The average molecular weight is 208 g/mol. The molecule has 1 fully saturated rings. The maximum atomic E-state index is 11.2. The molecule has 5 heteroatoms. The van der Waals surface area contributed by atoms with Gasteiger partial charge in [0, 0.05) is 12.0 Å². The summed E-state index contributed by atoms with van der Waals surface area (Å²) in [5.74, 6) is -0.388. The van der Waals surface area contributed by atoms with Crippen LogP contribution in [0.5, 0.6) is 0 Å². The Hall–Kier alpha value is -1.65. The fraction of sp³-hybridized carbons (Fsp3) is 0.500. The predicted molar refractivity (Wildman–Crippen MR) is 52.8 cm³/mol. The minimum atomic E-state index is -0.982. The van der Waals surface area contributed by atoms with Crippen molar-refractivity contribution in [1.82, 2.24) is 9.97 Å². The molecule has 1 aromatic rings. The summed E-state index contributed by atoms with van der Waals surface area (Å²) < 4.78 is 0. The van der Waals surface area contributed by atoms with Gasteiger partial charge in [0.15, 0.2) is 0 Å². The van der Waals surface area contributed by atoms with Gasteiger partial charge in [0.1, 0.15) is 12.2 Å². The number of carbonyl (C=O) groups is 1. The van der Waals surface area contributed by atoms with Crippen molar-refractivity contribution in [1.29, 1.82) is 0 Å². The highest BCUT2D eigenvalue weighted by Gasteiger charge is 2.21. The predicted octanol–water partition coefficient (Wildman–Crippen LogP) is 0.664. The molecule has 0 amide bonds. The number of aliphatic carboxylic acids is 1. The Kier molecular flexibility index (Phi) is 2.53. The van der Waals surface area contributed by atoms with Gasteiger partial charge in [0.25, 0.3) is 5.56 Å². The highest BCUT2D eigenvalue weighted by atomic mass is 16.4. The fourth-order valence-electron chi connectivity index (χ4n) is 1.67. The number of carboxylic acids is 1. The van der Waals surface area contributed by atoms with E-state index >= 15 is 0 Å². The molecule has 0 aliphatic heterocycles. The lowest BCUT2D eigenvalue weighted by Crippen LogP contribution is -2.19. The molecular formula is C10H12N2O3. The molecule has 0 saturated heterocycles. The first-order valence-electron chi connectivity index (χ1n) is 4.97. The Labute approximate surface area is 86.2 Å². The second-order valence-electron chi connectivity index (χ2n) is 3.82. The number of aromatic nitrogens is 2. The van der Waals surface area contributed by atoms with Crippen molar-refractivity contribution in [3.63, 3.8) is 0 Å². The molecule has 0 spiro atoms. The minimum absolute atomic E-state index is 0.226. The van der Waals surface area contributed by atoms with Gasteiger partial charge in [-0.05, 0) is 12.8 Å². The molecule has 1 aliphatic carbocycles. The van der Waals surface area contributed by atoms with Gasteiger partial charge in [0.2, 0.25) is 0 Å². The van der Waals surface area contributed by atoms with Gasteiger partial charge >= 0.3 is 5.97 Å². The molecular weight excluding hydrogens is 196 g/mol. The number of carboxylic acid groups (broad SMARTS) is 1. The van der Waals surface area contributed by atoms with Crippen LogP contribution in [0.2, 0.25) is 0 Å². The maximum Gasteiger partial charge on any atom is 0.311 e. The van der Waals surface area contributed by atoms with E-state index in [1.807, 2.05) is 0 Å². The largest absolute Gasteiger partial charge is 0.481 e. The lowest BCUT2D eigenvalue weighted by molar-refractivity contribution is -0.136. The number of nitrogens with one attached hydrogen (secondary N) is 1. The topological polar surface area (TPSA) is 83.0 Å². The van der Waals surface area contributed by atoms with E-state index in [2.05, 4.69) is 9.97 Å². The molecule has 1 heterocycles. The number of rotatable bonds is 3. The molecule has 80 valence electrons. The molecule has 2 N–H and O–H groups in total. The summed E-state index contributed by atoms with van der Waals surface area (Å²) in [5, 5.41) is 8.60. The molecule has 0 atom stereocenters. The Morgan fingerprint density at radius 1 is 1.60 bits per heavy atom. The molecule has 0 radical (unpaired) electrons. The van der Waals surface area contributed by atoms with E-state index in [1.165, 1.54) is 6.07 Å². The van der Waals surface area contributed by atoms with Crippen molar-refractivity contribution in [3.05, 3.63) is 27.9 Å². The average Bonchev–Trinajstić information content (AvgIpc) is 1.96. The molecule has 1 aromatic heterocycles. The third kappa shape index (κ3) is 2.23. The van der Waals surface area contributed by atoms with E-state index in [0.29, 0.717) is 5.92 Å². The number of nitrogens with zero attached hydrogens (tertiary/aromatic N) is 1. The van der Waals surface area contributed by atoms with Crippen LogP contribution in [0.3, 0.4) is 0 Å². The zero-order valence-electron chi connectivity index (χ0n) is 8.19.